The van der Waals surface area contributed by atoms with E-state index >= 15 is 0 Å². The second kappa shape index (κ2) is 8.02. The third-order valence-electron chi connectivity index (χ3n) is 6.40. The van der Waals surface area contributed by atoms with Crippen molar-refractivity contribution in [3.63, 3.8) is 0 Å². The summed E-state index contributed by atoms with van der Waals surface area (Å²) in [5.41, 5.74) is 2.76. The normalized spacial score (nSPS) is 20.6. The molecule has 2 aliphatic rings. The Labute approximate surface area is 168 Å². The molecule has 2 aliphatic heterocycles. The number of benzene rings is 1. The van der Waals surface area contributed by atoms with Gasteiger partial charge >= 0.3 is 0 Å². The minimum absolute atomic E-state index is 0.246. The molecule has 3 heterocycles. The molecule has 1 aromatic heterocycles. The summed E-state index contributed by atoms with van der Waals surface area (Å²) >= 11 is 0. The highest BCUT2D eigenvalue weighted by Gasteiger charge is 2.50. The molecule has 4 rings (SSSR count). The van der Waals surface area contributed by atoms with Gasteiger partial charge in [-0.2, -0.15) is 0 Å². The van der Waals surface area contributed by atoms with Gasteiger partial charge in [0.05, 0.1) is 11.9 Å². The van der Waals surface area contributed by atoms with Gasteiger partial charge in [0, 0.05) is 38.4 Å². The van der Waals surface area contributed by atoms with Gasteiger partial charge in [0.2, 0.25) is 5.91 Å². The van der Waals surface area contributed by atoms with Gasteiger partial charge in [-0.25, -0.2) is 0 Å². The summed E-state index contributed by atoms with van der Waals surface area (Å²) in [4.78, 5) is 25.1. The van der Waals surface area contributed by atoms with Crippen LogP contribution in [0.3, 0.4) is 0 Å². The Hall–Kier alpha value is -2.24. The molecule has 0 atom stereocenters. The number of hydrogen-bond donors (Lipinski definition) is 0. The fourth-order valence-electron chi connectivity index (χ4n) is 4.59. The summed E-state index contributed by atoms with van der Waals surface area (Å²) in [6, 6.07) is 14.6. The summed E-state index contributed by atoms with van der Waals surface area (Å²) in [5.74, 6) is 0.246. The SMILES string of the molecule is CCN1CCC2(CC1)C(=O)N(c1ccc(C)nc1)CCN2Cc1ccccc1. The summed E-state index contributed by atoms with van der Waals surface area (Å²) in [6.45, 7) is 9.63. The van der Waals surface area contributed by atoms with Crippen LogP contribution in [0.2, 0.25) is 0 Å². The Morgan fingerprint density at radius 1 is 1.00 bits per heavy atom. The number of piperazine rings is 1. The predicted octanol–water partition coefficient (Wildman–Crippen LogP) is 3.09. The maximum absolute atomic E-state index is 13.8. The van der Waals surface area contributed by atoms with E-state index in [1.54, 1.807) is 0 Å². The minimum atomic E-state index is -0.412. The molecule has 2 fully saturated rings. The molecule has 148 valence electrons. The second-order valence-corrected chi connectivity index (χ2v) is 7.99. The first-order chi connectivity index (χ1) is 13.6. The van der Waals surface area contributed by atoms with E-state index in [0.717, 1.165) is 63.5 Å². The van der Waals surface area contributed by atoms with Gasteiger partial charge in [-0.3, -0.25) is 14.7 Å². The number of hydrogen-bond acceptors (Lipinski definition) is 4. The van der Waals surface area contributed by atoms with Crippen molar-refractivity contribution in [2.45, 2.75) is 38.8 Å². The molecule has 1 amide bonds. The lowest BCUT2D eigenvalue weighted by atomic mass is 9.81. The van der Waals surface area contributed by atoms with E-state index < -0.39 is 5.54 Å². The number of likely N-dealkylation sites (tertiary alicyclic amines) is 1. The molecule has 0 aliphatic carbocycles. The average molecular weight is 379 g/mol. The van der Waals surface area contributed by atoms with E-state index in [-0.39, 0.29) is 5.91 Å². The van der Waals surface area contributed by atoms with Gasteiger partial charge in [0.25, 0.3) is 0 Å². The maximum Gasteiger partial charge on any atom is 0.247 e. The zero-order chi connectivity index (χ0) is 19.6. The van der Waals surface area contributed by atoms with Crippen LogP contribution in [0.25, 0.3) is 0 Å². The molecule has 28 heavy (non-hydrogen) atoms. The molecule has 1 aromatic carbocycles. The van der Waals surface area contributed by atoms with Crippen LogP contribution in [0.5, 0.6) is 0 Å². The minimum Gasteiger partial charge on any atom is -0.308 e. The molecule has 0 N–H and O–H groups in total. The Kier molecular flexibility index (Phi) is 5.47. The second-order valence-electron chi connectivity index (χ2n) is 7.99. The zero-order valence-corrected chi connectivity index (χ0v) is 17.0. The number of pyridine rings is 1. The number of aromatic nitrogens is 1. The fraction of sp³-hybridized carbons (Fsp3) is 0.478. The standard InChI is InChI=1S/C23H30N4O/c1-3-25-13-11-23(12-14-25)22(28)27(21-10-9-19(2)24-17-21)16-15-26(23)18-20-7-5-4-6-8-20/h4-10,17H,3,11-16,18H2,1-2H3. The third-order valence-corrected chi connectivity index (χ3v) is 6.40. The van der Waals surface area contributed by atoms with Crippen molar-refractivity contribution in [1.82, 2.24) is 14.8 Å². The number of amides is 1. The molecule has 5 heteroatoms. The first-order valence-corrected chi connectivity index (χ1v) is 10.4. The lowest BCUT2D eigenvalue weighted by Crippen LogP contribution is -2.68. The Morgan fingerprint density at radius 3 is 2.39 bits per heavy atom. The quantitative estimate of drug-likeness (QED) is 0.820. The lowest BCUT2D eigenvalue weighted by Gasteiger charge is -2.52. The summed E-state index contributed by atoms with van der Waals surface area (Å²) in [5, 5.41) is 0. The van der Waals surface area contributed by atoms with Gasteiger partial charge in [-0.15, -0.1) is 0 Å². The zero-order valence-electron chi connectivity index (χ0n) is 17.0. The van der Waals surface area contributed by atoms with Crippen molar-refractivity contribution >= 4 is 11.6 Å². The number of carbonyl (C=O) groups is 1. The van der Waals surface area contributed by atoms with Crippen LogP contribution < -0.4 is 4.90 Å². The maximum atomic E-state index is 13.8. The summed E-state index contributed by atoms with van der Waals surface area (Å²) in [7, 11) is 0. The van der Waals surface area contributed by atoms with Crippen molar-refractivity contribution in [2.75, 3.05) is 37.6 Å². The number of carbonyl (C=O) groups excluding carboxylic acids is 1. The Balaban J connectivity index is 1.63. The summed E-state index contributed by atoms with van der Waals surface area (Å²) < 4.78 is 0. The van der Waals surface area contributed by atoms with Crippen molar-refractivity contribution in [3.05, 3.63) is 59.9 Å². The number of rotatable bonds is 4. The molecule has 0 saturated carbocycles. The van der Waals surface area contributed by atoms with Crippen LogP contribution >= 0.6 is 0 Å². The van der Waals surface area contributed by atoms with E-state index in [1.165, 1.54) is 5.56 Å². The monoisotopic (exact) mass is 378 g/mol. The molecule has 0 bridgehead atoms. The lowest BCUT2D eigenvalue weighted by molar-refractivity contribution is -0.138. The number of aryl methyl sites for hydroxylation is 1. The van der Waals surface area contributed by atoms with Gasteiger partial charge in [-0.05, 0) is 44.0 Å². The molecule has 1 spiro atoms. The van der Waals surface area contributed by atoms with Crippen LogP contribution in [0.15, 0.2) is 48.7 Å². The highest BCUT2D eigenvalue weighted by Crippen LogP contribution is 2.36. The number of nitrogens with zero attached hydrogens (tertiary/aromatic N) is 4. The molecule has 0 unspecified atom stereocenters. The van der Waals surface area contributed by atoms with Crippen LogP contribution in [-0.2, 0) is 11.3 Å². The topological polar surface area (TPSA) is 39.7 Å². The van der Waals surface area contributed by atoms with Gasteiger partial charge in [0.1, 0.15) is 5.54 Å². The molecule has 5 nitrogen and oxygen atoms in total. The third kappa shape index (κ3) is 3.56. The van der Waals surface area contributed by atoms with E-state index in [4.69, 9.17) is 0 Å². The van der Waals surface area contributed by atoms with Crippen LogP contribution in [0, 0.1) is 6.92 Å². The molecule has 2 saturated heterocycles. The molecular weight excluding hydrogens is 348 g/mol. The van der Waals surface area contributed by atoms with Crippen molar-refractivity contribution < 1.29 is 4.79 Å². The number of piperidine rings is 1. The Morgan fingerprint density at radius 2 is 1.75 bits per heavy atom. The fourth-order valence-corrected chi connectivity index (χ4v) is 4.59. The van der Waals surface area contributed by atoms with E-state index in [2.05, 4.69) is 46.0 Å². The van der Waals surface area contributed by atoms with Gasteiger partial charge in [0.15, 0.2) is 0 Å². The highest BCUT2D eigenvalue weighted by molar-refractivity contribution is 6.01. The molecule has 2 aromatic rings. The number of anilines is 1. The first-order valence-electron chi connectivity index (χ1n) is 10.4. The molecule has 0 radical (unpaired) electrons. The highest BCUT2D eigenvalue weighted by atomic mass is 16.2. The van der Waals surface area contributed by atoms with Crippen molar-refractivity contribution in [1.29, 1.82) is 0 Å². The molecular formula is C23H30N4O. The predicted molar refractivity (Wildman–Crippen MR) is 112 cm³/mol. The van der Waals surface area contributed by atoms with E-state index in [1.807, 2.05) is 36.2 Å². The van der Waals surface area contributed by atoms with Crippen molar-refractivity contribution in [2.24, 2.45) is 0 Å². The van der Waals surface area contributed by atoms with E-state index in [0.29, 0.717) is 0 Å². The Bertz CT molecular complexity index is 797. The largest absolute Gasteiger partial charge is 0.308 e. The first kappa shape index (κ1) is 19.1. The van der Waals surface area contributed by atoms with Gasteiger partial charge < -0.3 is 9.80 Å². The van der Waals surface area contributed by atoms with Gasteiger partial charge in [-0.1, -0.05) is 37.3 Å². The average Bonchev–Trinajstić information content (AvgIpc) is 2.74. The smallest absolute Gasteiger partial charge is 0.247 e. The van der Waals surface area contributed by atoms with E-state index in [9.17, 15) is 4.79 Å². The summed E-state index contributed by atoms with van der Waals surface area (Å²) in [6.07, 6.45) is 3.62. The van der Waals surface area contributed by atoms with Crippen LogP contribution in [0.1, 0.15) is 31.0 Å². The van der Waals surface area contributed by atoms with Crippen LogP contribution in [0.4, 0.5) is 5.69 Å². The van der Waals surface area contributed by atoms with Crippen molar-refractivity contribution in [3.8, 4) is 0 Å². The van der Waals surface area contributed by atoms with Crippen LogP contribution in [-0.4, -0.2) is 59.0 Å².